The molecule has 23 heavy (non-hydrogen) atoms. The summed E-state index contributed by atoms with van der Waals surface area (Å²) in [6.07, 6.45) is 1.53. The largest absolute Gasteiger partial charge is 0.467 e. The summed E-state index contributed by atoms with van der Waals surface area (Å²) in [5.74, 6) is 0.311. The number of amides is 1. The van der Waals surface area contributed by atoms with Crippen LogP contribution in [0.1, 0.15) is 15.4 Å². The number of sulfonamides is 1. The smallest absolute Gasteiger partial charge is 0.261 e. The molecular formula is C14H16N2O5S2. The van der Waals surface area contributed by atoms with Gasteiger partial charge >= 0.3 is 0 Å². The maximum Gasteiger partial charge on any atom is 0.261 e. The number of thiophene rings is 1. The molecule has 0 atom stereocenters. The van der Waals surface area contributed by atoms with E-state index in [1.54, 1.807) is 12.1 Å². The van der Waals surface area contributed by atoms with E-state index in [0.717, 1.165) is 11.3 Å². The van der Waals surface area contributed by atoms with Gasteiger partial charge in [0, 0.05) is 18.5 Å². The highest BCUT2D eigenvalue weighted by Gasteiger charge is 2.28. The van der Waals surface area contributed by atoms with Crippen molar-refractivity contribution in [3.8, 4) is 0 Å². The molecule has 1 aliphatic rings. The zero-order valence-electron chi connectivity index (χ0n) is 12.2. The molecule has 1 fully saturated rings. The lowest BCUT2D eigenvalue weighted by Crippen LogP contribution is -2.40. The van der Waals surface area contributed by atoms with Crippen molar-refractivity contribution in [2.24, 2.45) is 0 Å². The third kappa shape index (κ3) is 3.63. The van der Waals surface area contributed by atoms with Crippen LogP contribution in [0.25, 0.3) is 0 Å². The van der Waals surface area contributed by atoms with Crippen molar-refractivity contribution in [1.29, 1.82) is 0 Å². The van der Waals surface area contributed by atoms with E-state index in [1.165, 1.54) is 22.0 Å². The molecule has 9 heteroatoms. The summed E-state index contributed by atoms with van der Waals surface area (Å²) >= 11 is 1.11. The van der Waals surface area contributed by atoms with E-state index in [-0.39, 0.29) is 17.3 Å². The first kappa shape index (κ1) is 16.2. The van der Waals surface area contributed by atoms with Crippen LogP contribution < -0.4 is 5.32 Å². The zero-order chi connectivity index (χ0) is 16.3. The Morgan fingerprint density at radius 2 is 2.13 bits per heavy atom. The van der Waals surface area contributed by atoms with Crippen LogP contribution in [0.4, 0.5) is 0 Å². The molecule has 0 spiro atoms. The van der Waals surface area contributed by atoms with Gasteiger partial charge in [-0.25, -0.2) is 8.42 Å². The van der Waals surface area contributed by atoms with Crippen LogP contribution in [0.5, 0.6) is 0 Å². The van der Waals surface area contributed by atoms with Gasteiger partial charge in [0.25, 0.3) is 5.91 Å². The van der Waals surface area contributed by atoms with Gasteiger partial charge < -0.3 is 14.5 Å². The van der Waals surface area contributed by atoms with Crippen molar-refractivity contribution in [1.82, 2.24) is 9.62 Å². The van der Waals surface area contributed by atoms with Gasteiger partial charge in [-0.1, -0.05) is 0 Å². The minimum absolute atomic E-state index is 0.146. The first-order valence-electron chi connectivity index (χ1n) is 7.04. The molecule has 0 bridgehead atoms. The minimum Gasteiger partial charge on any atom is -0.467 e. The minimum atomic E-state index is -3.57. The Hall–Kier alpha value is -1.68. The Morgan fingerprint density at radius 3 is 2.83 bits per heavy atom. The number of carbonyl (C=O) groups excluding carboxylic acids is 1. The molecule has 2 aromatic rings. The Balaban J connectivity index is 1.68. The number of nitrogens with zero attached hydrogens (tertiary/aromatic N) is 1. The van der Waals surface area contributed by atoms with Gasteiger partial charge in [0.05, 0.1) is 35.8 Å². The molecule has 0 radical (unpaired) electrons. The number of furan rings is 1. The zero-order valence-corrected chi connectivity index (χ0v) is 13.9. The van der Waals surface area contributed by atoms with E-state index in [9.17, 15) is 13.2 Å². The van der Waals surface area contributed by atoms with Gasteiger partial charge in [-0.15, -0.1) is 11.3 Å². The molecule has 1 aliphatic heterocycles. The summed E-state index contributed by atoms with van der Waals surface area (Å²) in [6, 6.07) is 4.90. The van der Waals surface area contributed by atoms with E-state index in [0.29, 0.717) is 36.9 Å². The van der Waals surface area contributed by atoms with E-state index in [2.05, 4.69) is 5.32 Å². The molecule has 0 unspecified atom stereocenters. The highest BCUT2D eigenvalue weighted by molar-refractivity contribution is 7.89. The highest BCUT2D eigenvalue weighted by atomic mass is 32.2. The van der Waals surface area contributed by atoms with Crippen LogP contribution in [0.15, 0.2) is 39.2 Å². The Bertz CT molecular complexity index is 761. The number of hydrogen-bond acceptors (Lipinski definition) is 6. The fourth-order valence-corrected chi connectivity index (χ4v) is 4.76. The molecular weight excluding hydrogens is 340 g/mol. The molecule has 0 saturated carbocycles. The first-order chi connectivity index (χ1) is 11.1. The Morgan fingerprint density at radius 1 is 1.35 bits per heavy atom. The number of carbonyl (C=O) groups is 1. The van der Waals surface area contributed by atoms with Gasteiger partial charge in [-0.3, -0.25) is 4.79 Å². The lowest BCUT2D eigenvalue weighted by Gasteiger charge is -2.25. The molecule has 7 nitrogen and oxygen atoms in total. The first-order valence-corrected chi connectivity index (χ1v) is 9.36. The van der Waals surface area contributed by atoms with Crippen molar-refractivity contribution >= 4 is 27.3 Å². The SMILES string of the molecule is O=C(NCc1ccco1)c1cc(S(=O)(=O)N2CCOCC2)cs1. The van der Waals surface area contributed by atoms with Crippen LogP contribution in [0.2, 0.25) is 0 Å². The monoisotopic (exact) mass is 356 g/mol. The molecule has 1 saturated heterocycles. The summed E-state index contributed by atoms with van der Waals surface area (Å²) in [6.45, 7) is 1.70. The van der Waals surface area contributed by atoms with Crippen molar-refractivity contribution in [3.63, 3.8) is 0 Å². The number of nitrogens with one attached hydrogen (secondary N) is 1. The molecule has 3 rings (SSSR count). The molecule has 2 aromatic heterocycles. The molecule has 0 aliphatic carbocycles. The van der Waals surface area contributed by atoms with Gasteiger partial charge in [0.2, 0.25) is 10.0 Å². The topological polar surface area (TPSA) is 88.8 Å². The summed E-state index contributed by atoms with van der Waals surface area (Å²) in [4.78, 5) is 12.6. The number of ether oxygens (including phenoxy) is 1. The third-order valence-corrected chi connectivity index (χ3v) is 6.36. The Labute approximate surface area is 137 Å². The van der Waals surface area contributed by atoms with Gasteiger partial charge in [0.15, 0.2) is 0 Å². The summed E-state index contributed by atoms with van der Waals surface area (Å²) in [5, 5.41) is 4.19. The van der Waals surface area contributed by atoms with Gasteiger partial charge in [-0.05, 0) is 18.2 Å². The summed E-state index contributed by atoms with van der Waals surface area (Å²) < 4.78 is 36.7. The van der Waals surface area contributed by atoms with Crippen LogP contribution in [0.3, 0.4) is 0 Å². The quantitative estimate of drug-likeness (QED) is 0.872. The third-order valence-electron chi connectivity index (χ3n) is 3.41. The average Bonchev–Trinajstić information content (AvgIpc) is 3.25. The van der Waals surface area contributed by atoms with Crippen LogP contribution >= 0.6 is 11.3 Å². The summed E-state index contributed by atoms with van der Waals surface area (Å²) in [5.41, 5.74) is 0. The van der Waals surface area contributed by atoms with Gasteiger partial charge in [-0.2, -0.15) is 4.31 Å². The van der Waals surface area contributed by atoms with E-state index in [1.807, 2.05) is 0 Å². The summed E-state index contributed by atoms with van der Waals surface area (Å²) in [7, 11) is -3.57. The van der Waals surface area contributed by atoms with Crippen molar-refractivity contribution in [2.75, 3.05) is 26.3 Å². The second-order valence-corrected chi connectivity index (χ2v) is 7.77. The molecule has 124 valence electrons. The second kappa shape index (κ2) is 6.83. The van der Waals surface area contributed by atoms with E-state index in [4.69, 9.17) is 9.15 Å². The fraction of sp³-hybridized carbons (Fsp3) is 0.357. The van der Waals surface area contributed by atoms with Crippen LogP contribution in [-0.4, -0.2) is 44.9 Å². The average molecular weight is 356 g/mol. The van der Waals surface area contributed by atoms with E-state index < -0.39 is 10.0 Å². The maximum atomic E-state index is 12.5. The van der Waals surface area contributed by atoms with Crippen molar-refractivity contribution in [2.45, 2.75) is 11.4 Å². The normalized spacial score (nSPS) is 16.3. The van der Waals surface area contributed by atoms with Crippen LogP contribution in [0, 0.1) is 0 Å². The van der Waals surface area contributed by atoms with Crippen molar-refractivity contribution < 1.29 is 22.4 Å². The standard InChI is InChI=1S/C14H16N2O5S2/c17-14(15-9-11-2-1-5-21-11)13-8-12(10-22-13)23(18,19)16-3-6-20-7-4-16/h1-2,5,8,10H,3-4,6-7,9H2,(H,15,17). The molecule has 3 heterocycles. The lowest BCUT2D eigenvalue weighted by molar-refractivity contribution is 0.0730. The van der Waals surface area contributed by atoms with Crippen molar-refractivity contribution in [3.05, 3.63) is 40.5 Å². The predicted molar refractivity (Wildman–Crippen MR) is 83.8 cm³/mol. The highest BCUT2D eigenvalue weighted by Crippen LogP contribution is 2.23. The maximum absolute atomic E-state index is 12.5. The molecule has 1 amide bonds. The van der Waals surface area contributed by atoms with Gasteiger partial charge in [0.1, 0.15) is 5.76 Å². The molecule has 1 N–H and O–H groups in total. The van der Waals surface area contributed by atoms with E-state index >= 15 is 0 Å². The number of hydrogen-bond donors (Lipinski definition) is 1. The molecule has 0 aromatic carbocycles. The Kier molecular flexibility index (Phi) is 4.81. The lowest BCUT2D eigenvalue weighted by atomic mass is 10.4. The fourth-order valence-electron chi connectivity index (χ4n) is 2.18. The number of rotatable bonds is 5. The predicted octanol–water partition coefficient (Wildman–Crippen LogP) is 1.29. The second-order valence-electron chi connectivity index (χ2n) is 4.93. The van der Waals surface area contributed by atoms with Crippen LogP contribution in [-0.2, 0) is 21.3 Å². The number of morpholine rings is 1.